The maximum atomic E-state index is 11.8. The molecule has 0 aromatic heterocycles. The van der Waals surface area contributed by atoms with E-state index in [9.17, 15) is 19.5 Å². The summed E-state index contributed by atoms with van der Waals surface area (Å²) >= 11 is 1.05. The molecule has 0 saturated carbocycles. The molecule has 2 aromatic carbocycles. The van der Waals surface area contributed by atoms with Crippen molar-refractivity contribution in [3.8, 4) is 5.75 Å². The molecule has 136 valence electrons. The zero-order valence-electron chi connectivity index (χ0n) is 14.0. The predicted octanol–water partition coefficient (Wildman–Crippen LogP) is 0.541. The Kier molecular flexibility index (Phi) is 7.04. The topological polar surface area (TPSA) is 108 Å². The van der Waals surface area contributed by atoms with E-state index in [1.807, 2.05) is 0 Å². The van der Waals surface area contributed by atoms with Crippen LogP contribution in [0.3, 0.4) is 0 Å². The van der Waals surface area contributed by atoms with Gasteiger partial charge in [-0.2, -0.15) is 0 Å². The molecule has 2 rings (SSSR count). The Labute approximate surface area is 154 Å². The Hall–Kier alpha value is -3.00. The number of ether oxygens (including phenoxy) is 1. The molecule has 8 heteroatoms. The minimum absolute atomic E-state index is 0.0221. The van der Waals surface area contributed by atoms with Gasteiger partial charge in [-0.25, -0.2) is 0 Å². The minimum atomic E-state index is -1.30. The highest BCUT2D eigenvalue weighted by molar-refractivity contribution is 8.00. The van der Waals surface area contributed by atoms with Gasteiger partial charge >= 0.3 is 0 Å². The first-order valence-electron chi connectivity index (χ1n) is 7.63. The van der Waals surface area contributed by atoms with Crippen LogP contribution in [-0.2, 0) is 16.0 Å². The largest absolute Gasteiger partial charge is 0.545 e. The molecule has 0 atom stereocenters. The average molecular weight is 373 g/mol. The third-order valence-corrected chi connectivity index (χ3v) is 4.40. The van der Waals surface area contributed by atoms with Crippen LogP contribution in [-0.4, -0.2) is 30.6 Å². The van der Waals surface area contributed by atoms with Gasteiger partial charge in [0.1, 0.15) is 5.75 Å². The van der Waals surface area contributed by atoms with Crippen molar-refractivity contribution in [1.82, 2.24) is 10.9 Å². The van der Waals surface area contributed by atoms with Crippen LogP contribution in [0.2, 0.25) is 0 Å². The fourth-order valence-corrected chi connectivity index (χ4v) is 2.89. The summed E-state index contributed by atoms with van der Waals surface area (Å²) in [5.74, 6) is -1.49. The van der Waals surface area contributed by atoms with Crippen LogP contribution in [0.1, 0.15) is 15.9 Å². The molecule has 0 aliphatic heterocycles. The molecule has 26 heavy (non-hydrogen) atoms. The predicted molar refractivity (Wildman–Crippen MR) is 94.5 cm³/mol. The Balaban J connectivity index is 1.77. The van der Waals surface area contributed by atoms with Gasteiger partial charge in [0.05, 0.1) is 25.3 Å². The van der Waals surface area contributed by atoms with Crippen LogP contribution in [0.5, 0.6) is 5.75 Å². The maximum Gasteiger partial charge on any atom is 0.248 e. The second-order valence-electron chi connectivity index (χ2n) is 5.19. The molecule has 0 bridgehead atoms. The maximum absolute atomic E-state index is 11.8. The molecule has 2 N–H and O–H groups in total. The Morgan fingerprint density at radius 2 is 1.65 bits per heavy atom. The number of methoxy groups -OCH3 is 1. The second kappa shape index (κ2) is 9.47. The van der Waals surface area contributed by atoms with Gasteiger partial charge in [0, 0.05) is 10.5 Å². The van der Waals surface area contributed by atoms with Gasteiger partial charge < -0.3 is 14.6 Å². The molecule has 0 aliphatic rings. The van der Waals surface area contributed by atoms with Gasteiger partial charge in [0.15, 0.2) is 0 Å². The van der Waals surface area contributed by atoms with Crippen LogP contribution in [0, 0.1) is 0 Å². The summed E-state index contributed by atoms with van der Waals surface area (Å²) in [5.41, 5.74) is 5.41. The van der Waals surface area contributed by atoms with E-state index in [4.69, 9.17) is 4.74 Å². The van der Waals surface area contributed by atoms with E-state index in [2.05, 4.69) is 10.9 Å². The zero-order chi connectivity index (χ0) is 18.9. The number of carboxylic acid groups (broad SMARTS) is 1. The molecule has 0 unspecified atom stereocenters. The standard InChI is InChI=1S/C18H18N2O5S/c1-25-13-8-6-12(7-9-13)10-16(21)19-20-17(22)11-26-15-5-3-2-4-14(15)18(23)24/h2-9H,10-11H2,1H3,(H,19,21)(H,20,22)(H,23,24)/p-1. The first kappa shape index (κ1) is 19.3. The average Bonchev–Trinajstić information content (AvgIpc) is 2.65. The van der Waals surface area contributed by atoms with Gasteiger partial charge in [-0.05, 0) is 23.8 Å². The number of nitrogens with one attached hydrogen (secondary N) is 2. The summed E-state index contributed by atoms with van der Waals surface area (Å²) < 4.78 is 5.04. The van der Waals surface area contributed by atoms with Crippen molar-refractivity contribution in [3.05, 3.63) is 59.7 Å². The summed E-state index contributed by atoms with van der Waals surface area (Å²) in [6, 6.07) is 13.2. The van der Waals surface area contributed by atoms with Crippen LogP contribution in [0.4, 0.5) is 0 Å². The first-order chi connectivity index (χ1) is 12.5. The molecule has 0 radical (unpaired) electrons. The molecule has 2 amide bonds. The van der Waals surface area contributed by atoms with Crippen molar-refractivity contribution in [2.24, 2.45) is 0 Å². The number of hydrazine groups is 1. The van der Waals surface area contributed by atoms with Gasteiger partial charge in [0.2, 0.25) is 11.8 Å². The van der Waals surface area contributed by atoms with Crippen molar-refractivity contribution in [2.45, 2.75) is 11.3 Å². The van der Waals surface area contributed by atoms with Gasteiger partial charge in [-0.3, -0.25) is 20.4 Å². The van der Waals surface area contributed by atoms with Gasteiger partial charge in [-0.15, -0.1) is 11.8 Å². The number of amides is 2. The van der Waals surface area contributed by atoms with Crippen molar-refractivity contribution in [3.63, 3.8) is 0 Å². The highest BCUT2D eigenvalue weighted by Gasteiger charge is 2.09. The molecular formula is C18H17N2O5S-. The number of benzene rings is 2. The Bertz CT molecular complexity index is 792. The highest BCUT2D eigenvalue weighted by atomic mass is 32.2. The molecule has 0 spiro atoms. The van der Waals surface area contributed by atoms with Crippen molar-refractivity contribution < 1.29 is 24.2 Å². The lowest BCUT2D eigenvalue weighted by Crippen LogP contribution is -2.43. The first-order valence-corrected chi connectivity index (χ1v) is 8.62. The van der Waals surface area contributed by atoms with E-state index in [1.54, 1.807) is 49.6 Å². The lowest BCUT2D eigenvalue weighted by molar-refractivity contribution is -0.255. The van der Waals surface area contributed by atoms with Crippen molar-refractivity contribution in [2.75, 3.05) is 12.9 Å². The third-order valence-electron chi connectivity index (χ3n) is 3.33. The zero-order valence-corrected chi connectivity index (χ0v) is 14.8. The van der Waals surface area contributed by atoms with Crippen LogP contribution < -0.4 is 20.7 Å². The summed E-state index contributed by atoms with van der Waals surface area (Å²) in [5, 5.41) is 11.0. The molecule has 0 aliphatic carbocycles. The summed E-state index contributed by atoms with van der Waals surface area (Å²) in [6.07, 6.45) is 0.102. The lowest BCUT2D eigenvalue weighted by atomic mass is 10.1. The number of thioether (sulfide) groups is 1. The smallest absolute Gasteiger partial charge is 0.248 e. The van der Waals surface area contributed by atoms with E-state index in [0.717, 1.165) is 17.3 Å². The van der Waals surface area contributed by atoms with E-state index >= 15 is 0 Å². The number of aromatic carboxylic acids is 1. The van der Waals surface area contributed by atoms with E-state index in [0.29, 0.717) is 10.6 Å². The SMILES string of the molecule is COc1ccc(CC(=O)NNC(=O)CSc2ccccc2C(=O)[O-])cc1. The van der Waals surface area contributed by atoms with Gasteiger partial charge in [-0.1, -0.05) is 30.3 Å². The fraction of sp³-hybridized carbons (Fsp3) is 0.167. The normalized spacial score (nSPS) is 10.0. The number of carbonyl (C=O) groups excluding carboxylic acids is 3. The molecule has 7 nitrogen and oxygen atoms in total. The van der Waals surface area contributed by atoms with Crippen molar-refractivity contribution in [1.29, 1.82) is 0 Å². The lowest BCUT2D eigenvalue weighted by Gasteiger charge is -2.10. The molecule has 0 heterocycles. The molecule has 0 fully saturated rings. The quantitative estimate of drug-likeness (QED) is 0.542. The fourth-order valence-electron chi connectivity index (χ4n) is 2.05. The number of hydrogen-bond acceptors (Lipinski definition) is 6. The van der Waals surface area contributed by atoms with Crippen LogP contribution in [0.25, 0.3) is 0 Å². The number of hydrogen-bond donors (Lipinski definition) is 2. The Morgan fingerprint density at radius 3 is 2.31 bits per heavy atom. The number of rotatable bonds is 7. The van der Waals surface area contributed by atoms with Crippen LogP contribution >= 0.6 is 11.8 Å². The second-order valence-corrected chi connectivity index (χ2v) is 6.21. The summed E-state index contributed by atoms with van der Waals surface area (Å²) in [6.45, 7) is 0. The van der Waals surface area contributed by atoms with Crippen molar-refractivity contribution >= 4 is 29.5 Å². The minimum Gasteiger partial charge on any atom is -0.545 e. The number of carboxylic acids is 1. The Morgan fingerprint density at radius 1 is 1.00 bits per heavy atom. The van der Waals surface area contributed by atoms with Crippen LogP contribution in [0.15, 0.2) is 53.4 Å². The van der Waals surface area contributed by atoms with E-state index in [1.165, 1.54) is 6.07 Å². The molecule has 2 aromatic rings. The summed E-state index contributed by atoms with van der Waals surface area (Å²) in [4.78, 5) is 35.1. The van der Waals surface area contributed by atoms with E-state index in [-0.39, 0.29) is 23.6 Å². The summed E-state index contributed by atoms with van der Waals surface area (Å²) in [7, 11) is 1.56. The monoisotopic (exact) mass is 373 g/mol. The van der Waals surface area contributed by atoms with Gasteiger partial charge in [0.25, 0.3) is 0 Å². The third kappa shape index (κ3) is 5.82. The highest BCUT2D eigenvalue weighted by Crippen LogP contribution is 2.21. The van der Waals surface area contributed by atoms with E-state index < -0.39 is 11.9 Å². The number of carbonyl (C=O) groups is 3. The molecule has 0 saturated heterocycles. The molecular weight excluding hydrogens is 356 g/mol.